The molecule has 7 heteroatoms. The first-order valence-corrected chi connectivity index (χ1v) is 9.28. The van der Waals surface area contributed by atoms with Crippen LogP contribution in [0.1, 0.15) is 36.0 Å². The normalized spacial score (nSPS) is 15.3. The number of rotatable bonds is 10. The summed E-state index contributed by atoms with van der Waals surface area (Å²) in [6.45, 7) is 1.15. The molecular formula is C17H24O6P+. The third kappa shape index (κ3) is 5.00. The van der Waals surface area contributed by atoms with Gasteiger partial charge in [0.25, 0.3) is 0 Å². The molecule has 1 saturated carbocycles. The fourth-order valence-corrected chi connectivity index (χ4v) is 3.58. The zero-order valence-electron chi connectivity index (χ0n) is 14.2. The van der Waals surface area contributed by atoms with Gasteiger partial charge in [-0.05, 0) is 35.5 Å². The Morgan fingerprint density at radius 2 is 1.75 bits per heavy atom. The average molecular weight is 355 g/mol. The molecule has 0 radical (unpaired) electrons. The first kappa shape index (κ1) is 18.8. The maximum absolute atomic E-state index is 12.4. The van der Waals surface area contributed by atoms with Gasteiger partial charge in [-0.3, -0.25) is 0 Å². The second kappa shape index (κ2) is 9.72. The fraction of sp³-hybridized carbons (Fsp3) is 0.588. The summed E-state index contributed by atoms with van der Waals surface area (Å²) < 4.78 is 33.1. The third-order valence-electron chi connectivity index (χ3n) is 4.07. The van der Waals surface area contributed by atoms with Gasteiger partial charge in [0.1, 0.15) is 18.1 Å². The smallest absolute Gasteiger partial charge is 0.496 e. The minimum absolute atomic E-state index is 0.116. The molecule has 1 aliphatic rings. The van der Waals surface area contributed by atoms with Crippen LogP contribution in [0.15, 0.2) is 18.2 Å². The van der Waals surface area contributed by atoms with Gasteiger partial charge in [-0.25, -0.2) is 4.79 Å². The maximum atomic E-state index is 12.4. The van der Waals surface area contributed by atoms with Crippen LogP contribution in [-0.2, 0) is 13.8 Å². The number of hydrogen-bond donors (Lipinski definition) is 0. The predicted molar refractivity (Wildman–Crippen MR) is 90.2 cm³/mol. The van der Waals surface area contributed by atoms with E-state index in [-0.39, 0.29) is 12.2 Å². The Bertz CT molecular complexity index is 546. The van der Waals surface area contributed by atoms with E-state index < -0.39 is 13.6 Å². The quantitative estimate of drug-likeness (QED) is 0.469. The van der Waals surface area contributed by atoms with Crippen LogP contribution < -0.4 is 9.47 Å². The van der Waals surface area contributed by atoms with E-state index in [1.54, 1.807) is 18.2 Å². The molecule has 1 fully saturated rings. The van der Waals surface area contributed by atoms with E-state index in [0.717, 1.165) is 0 Å². The molecule has 0 saturated heterocycles. The number of hydrogen-bond acceptors (Lipinski definition) is 6. The number of carbonyl (C=O) groups excluding carboxylic acids is 1. The minimum atomic E-state index is -2.52. The van der Waals surface area contributed by atoms with Crippen molar-refractivity contribution in [3.8, 4) is 11.5 Å². The SMILES string of the molecule is COc1cccc(OC)c1C(=O)[P+](=O)OCCOCC1CCCC1. The van der Waals surface area contributed by atoms with Gasteiger partial charge in [0, 0.05) is 6.61 Å². The van der Waals surface area contributed by atoms with Crippen LogP contribution in [-0.4, -0.2) is 39.6 Å². The summed E-state index contributed by atoms with van der Waals surface area (Å²) in [4.78, 5) is 12.4. The van der Waals surface area contributed by atoms with Crippen molar-refractivity contribution in [1.29, 1.82) is 0 Å². The largest absolute Gasteiger partial charge is 0.593 e. The zero-order chi connectivity index (χ0) is 17.4. The van der Waals surface area contributed by atoms with Crippen LogP contribution in [0.5, 0.6) is 11.5 Å². The Hall–Kier alpha value is -1.49. The highest BCUT2D eigenvalue weighted by molar-refractivity contribution is 7.60. The molecule has 1 unspecified atom stereocenters. The monoisotopic (exact) mass is 355 g/mol. The van der Waals surface area contributed by atoms with Crippen molar-refractivity contribution in [2.24, 2.45) is 5.92 Å². The predicted octanol–water partition coefficient (Wildman–Crippen LogP) is 3.81. The van der Waals surface area contributed by atoms with E-state index in [1.165, 1.54) is 39.9 Å². The Balaban J connectivity index is 1.82. The van der Waals surface area contributed by atoms with E-state index in [0.29, 0.717) is 30.6 Å². The van der Waals surface area contributed by atoms with Crippen molar-refractivity contribution in [2.45, 2.75) is 25.7 Å². The summed E-state index contributed by atoms with van der Waals surface area (Å²) in [6, 6.07) is 4.92. The summed E-state index contributed by atoms with van der Waals surface area (Å²) >= 11 is 0. The van der Waals surface area contributed by atoms with Crippen LogP contribution in [0.25, 0.3) is 0 Å². The van der Waals surface area contributed by atoms with Crippen LogP contribution in [0, 0.1) is 5.92 Å². The fourth-order valence-electron chi connectivity index (χ4n) is 2.82. The molecule has 1 aromatic rings. The highest BCUT2D eigenvalue weighted by Crippen LogP contribution is 2.37. The lowest BCUT2D eigenvalue weighted by Crippen LogP contribution is -2.10. The van der Waals surface area contributed by atoms with Gasteiger partial charge in [0.05, 0.1) is 20.8 Å². The standard InChI is InChI=1S/C17H24O6P/c1-20-14-8-5-9-15(21-2)16(14)17(18)24(19)23-11-10-22-12-13-6-3-4-7-13/h5,8-9,13H,3-4,6-7,10-12H2,1-2H3/q+1. The molecule has 6 nitrogen and oxygen atoms in total. The zero-order valence-corrected chi connectivity index (χ0v) is 15.1. The first-order valence-electron chi connectivity index (χ1n) is 8.10. The topological polar surface area (TPSA) is 71.1 Å². The van der Waals surface area contributed by atoms with Crippen LogP contribution in [0.2, 0.25) is 0 Å². The number of ether oxygens (including phenoxy) is 3. The molecular weight excluding hydrogens is 331 g/mol. The van der Waals surface area contributed by atoms with Crippen molar-refractivity contribution in [1.82, 2.24) is 0 Å². The van der Waals surface area contributed by atoms with Crippen molar-refractivity contribution in [3.63, 3.8) is 0 Å². The van der Waals surface area contributed by atoms with Gasteiger partial charge >= 0.3 is 13.6 Å². The van der Waals surface area contributed by atoms with Gasteiger partial charge in [-0.1, -0.05) is 18.9 Å². The lowest BCUT2D eigenvalue weighted by atomic mass is 10.1. The summed E-state index contributed by atoms with van der Waals surface area (Å²) in [5, 5.41) is 0. The summed E-state index contributed by atoms with van der Waals surface area (Å²) in [5.74, 6) is 1.24. The number of carbonyl (C=O) groups is 1. The minimum Gasteiger partial charge on any atom is -0.496 e. The van der Waals surface area contributed by atoms with Gasteiger partial charge in [-0.15, -0.1) is 4.52 Å². The highest BCUT2D eigenvalue weighted by Gasteiger charge is 2.37. The van der Waals surface area contributed by atoms with Crippen LogP contribution >= 0.6 is 8.03 Å². The van der Waals surface area contributed by atoms with E-state index in [2.05, 4.69) is 0 Å². The molecule has 1 aromatic carbocycles. The molecule has 0 spiro atoms. The Kier molecular flexibility index (Phi) is 7.63. The first-order chi connectivity index (χ1) is 11.7. The Morgan fingerprint density at radius 3 is 2.33 bits per heavy atom. The molecule has 0 N–H and O–H groups in total. The van der Waals surface area contributed by atoms with Crippen molar-refractivity contribution in [2.75, 3.05) is 34.0 Å². The number of methoxy groups -OCH3 is 2. The summed E-state index contributed by atoms with van der Waals surface area (Å²) in [7, 11) is 0.364. The summed E-state index contributed by atoms with van der Waals surface area (Å²) in [6.07, 6.45) is 4.96. The number of benzene rings is 1. The molecule has 0 bridgehead atoms. The van der Waals surface area contributed by atoms with Gasteiger partial charge in [-0.2, -0.15) is 0 Å². The second-order valence-electron chi connectivity index (χ2n) is 5.66. The Labute approximate surface area is 143 Å². The second-order valence-corrected chi connectivity index (χ2v) is 6.84. The maximum Gasteiger partial charge on any atom is 0.593 e. The molecule has 0 aromatic heterocycles. The van der Waals surface area contributed by atoms with Crippen molar-refractivity contribution in [3.05, 3.63) is 23.8 Å². The molecule has 24 heavy (non-hydrogen) atoms. The highest BCUT2D eigenvalue weighted by atomic mass is 31.1. The van der Waals surface area contributed by atoms with E-state index in [9.17, 15) is 9.36 Å². The van der Waals surface area contributed by atoms with Gasteiger partial charge < -0.3 is 14.2 Å². The van der Waals surface area contributed by atoms with Gasteiger partial charge in [0.15, 0.2) is 5.56 Å². The average Bonchev–Trinajstić information content (AvgIpc) is 3.13. The third-order valence-corrected chi connectivity index (χ3v) is 5.04. The summed E-state index contributed by atoms with van der Waals surface area (Å²) in [5.41, 5.74) is -0.509. The van der Waals surface area contributed by atoms with E-state index in [4.69, 9.17) is 18.7 Å². The lowest BCUT2D eigenvalue weighted by molar-refractivity contribution is 0.0761. The molecule has 2 rings (SSSR count). The molecule has 132 valence electrons. The van der Waals surface area contributed by atoms with Crippen LogP contribution in [0.4, 0.5) is 0 Å². The molecule has 0 amide bonds. The van der Waals surface area contributed by atoms with Crippen LogP contribution in [0.3, 0.4) is 0 Å². The van der Waals surface area contributed by atoms with Gasteiger partial charge in [0.2, 0.25) is 0 Å². The Morgan fingerprint density at radius 1 is 1.12 bits per heavy atom. The molecule has 0 aliphatic heterocycles. The molecule has 1 aliphatic carbocycles. The van der Waals surface area contributed by atoms with E-state index >= 15 is 0 Å². The van der Waals surface area contributed by atoms with Crippen molar-refractivity contribution >= 4 is 13.6 Å². The van der Waals surface area contributed by atoms with E-state index in [1.807, 2.05) is 0 Å². The molecule has 0 heterocycles. The van der Waals surface area contributed by atoms with Crippen molar-refractivity contribution < 1.29 is 28.1 Å². The lowest BCUT2D eigenvalue weighted by Gasteiger charge is -2.08. The molecule has 1 atom stereocenters.